The monoisotopic (exact) mass is 360 g/mol. The van der Waals surface area contributed by atoms with E-state index >= 15 is 0 Å². The zero-order valence-corrected chi connectivity index (χ0v) is 16.0. The molecule has 28 heavy (non-hydrogen) atoms. The summed E-state index contributed by atoms with van der Waals surface area (Å²) in [7, 11) is 0. The van der Waals surface area contributed by atoms with Gasteiger partial charge in [-0.3, -0.25) is 4.57 Å². The summed E-state index contributed by atoms with van der Waals surface area (Å²) in [6, 6.07) is 28.2. The molecule has 0 saturated carbocycles. The van der Waals surface area contributed by atoms with Crippen LogP contribution in [0.2, 0.25) is 0 Å². The van der Waals surface area contributed by atoms with Crippen LogP contribution in [0.1, 0.15) is 25.0 Å². The van der Waals surface area contributed by atoms with E-state index in [0.717, 1.165) is 5.82 Å². The summed E-state index contributed by atoms with van der Waals surface area (Å²) in [6.45, 7) is 4.70. The second-order valence-electron chi connectivity index (χ2n) is 8.09. The van der Waals surface area contributed by atoms with Crippen molar-refractivity contribution >= 4 is 21.8 Å². The number of aromatic nitrogens is 2. The van der Waals surface area contributed by atoms with E-state index < -0.39 is 0 Å². The fourth-order valence-electron chi connectivity index (χ4n) is 5.06. The molecular weight excluding hydrogens is 340 g/mol. The van der Waals surface area contributed by atoms with Crippen molar-refractivity contribution in [3.05, 3.63) is 96.2 Å². The van der Waals surface area contributed by atoms with Crippen molar-refractivity contribution in [2.75, 3.05) is 0 Å². The molecule has 1 aliphatic rings. The van der Waals surface area contributed by atoms with E-state index in [1.165, 1.54) is 44.1 Å². The number of pyridine rings is 1. The number of hydrogen-bond acceptors (Lipinski definition) is 1. The fraction of sp³-hybridized carbons (Fsp3) is 0.115. The molecule has 1 aliphatic carbocycles. The third-order valence-corrected chi connectivity index (χ3v) is 6.23. The molecule has 0 saturated heterocycles. The predicted octanol–water partition coefficient (Wildman–Crippen LogP) is 6.49. The lowest BCUT2D eigenvalue weighted by atomic mass is 9.80. The molecule has 134 valence electrons. The molecule has 3 aromatic carbocycles. The van der Waals surface area contributed by atoms with Crippen LogP contribution in [0.4, 0.5) is 0 Å². The third-order valence-electron chi connectivity index (χ3n) is 6.23. The normalized spacial score (nSPS) is 14.4. The second-order valence-corrected chi connectivity index (χ2v) is 8.09. The molecule has 0 spiro atoms. The fourth-order valence-corrected chi connectivity index (χ4v) is 5.06. The first-order valence-electron chi connectivity index (χ1n) is 9.76. The van der Waals surface area contributed by atoms with Gasteiger partial charge < -0.3 is 0 Å². The van der Waals surface area contributed by atoms with Crippen LogP contribution in [0.15, 0.2) is 85.1 Å². The Kier molecular flexibility index (Phi) is 2.98. The van der Waals surface area contributed by atoms with Gasteiger partial charge in [0, 0.05) is 22.4 Å². The van der Waals surface area contributed by atoms with Gasteiger partial charge in [-0.15, -0.1) is 0 Å². The van der Waals surface area contributed by atoms with E-state index in [4.69, 9.17) is 0 Å². The number of benzene rings is 3. The van der Waals surface area contributed by atoms with Gasteiger partial charge in [-0.1, -0.05) is 68.4 Å². The molecule has 0 aliphatic heterocycles. The van der Waals surface area contributed by atoms with Crippen LogP contribution in [0.5, 0.6) is 0 Å². The van der Waals surface area contributed by atoms with Gasteiger partial charge in [0.15, 0.2) is 0 Å². The summed E-state index contributed by atoms with van der Waals surface area (Å²) >= 11 is 0. The SMILES string of the molecule is CC1(C)c2ccccc2-c2ccc3c(c21)c1ccccc1n3-c1ccccn1. The minimum atomic E-state index is -0.0372. The van der Waals surface area contributed by atoms with E-state index in [-0.39, 0.29) is 5.41 Å². The minimum absolute atomic E-state index is 0.0372. The highest BCUT2D eigenvalue weighted by molar-refractivity contribution is 6.14. The van der Waals surface area contributed by atoms with Gasteiger partial charge in [-0.25, -0.2) is 4.98 Å². The van der Waals surface area contributed by atoms with Gasteiger partial charge in [0.05, 0.1) is 11.0 Å². The highest BCUT2D eigenvalue weighted by Gasteiger charge is 2.37. The zero-order chi connectivity index (χ0) is 18.9. The lowest BCUT2D eigenvalue weighted by molar-refractivity contribution is 0.666. The first-order valence-corrected chi connectivity index (χ1v) is 9.76. The minimum Gasteiger partial charge on any atom is -0.294 e. The van der Waals surface area contributed by atoms with Gasteiger partial charge in [-0.2, -0.15) is 0 Å². The molecule has 2 heterocycles. The van der Waals surface area contributed by atoms with Crippen LogP contribution < -0.4 is 0 Å². The van der Waals surface area contributed by atoms with Gasteiger partial charge in [0.25, 0.3) is 0 Å². The Morgan fingerprint density at radius 2 is 1.50 bits per heavy atom. The molecule has 0 unspecified atom stereocenters. The maximum Gasteiger partial charge on any atom is 0.137 e. The molecule has 2 heteroatoms. The van der Waals surface area contributed by atoms with Crippen LogP contribution in [-0.2, 0) is 5.41 Å². The van der Waals surface area contributed by atoms with Crippen molar-refractivity contribution in [1.29, 1.82) is 0 Å². The van der Waals surface area contributed by atoms with Gasteiger partial charge in [0.1, 0.15) is 5.82 Å². The molecule has 6 rings (SSSR count). The van der Waals surface area contributed by atoms with Gasteiger partial charge in [0.2, 0.25) is 0 Å². The molecule has 0 radical (unpaired) electrons. The first kappa shape index (κ1) is 15.6. The Morgan fingerprint density at radius 1 is 0.714 bits per heavy atom. The van der Waals surface area contributed by atoms with Crippen LogP contribution in [0, 0.1) is 0 Å². The maximum absolute atomic E-state index is 4.65. The summed E-state index contributed by atoms with van der Waals surface area (Å²) in [6.07, 6.45) is 1.86. The average Bonchev–Trinajstić information content (AvgIpc) is 3.19. The lowest BCUT2D eigenvalue weighted by Gasteiger charge is -2.22. The van der Waals surface area contributed by atoms with E-state index in [2.05, 4.69) is 96.2 Å². The Morgan fingerprint density at radius 3 is 2.36 bits per heavy atom. The molecule has 2 aromatic heterocycles. The van der Waals surface area contributed by atoms with Crippen LogP contribution in [0.25, 0.3) is 38.8 Å². The van der Waals surface area contributed by atoms with E-state index in [0.29, 0.717) is 0 Å². The average molecular weight is 360 g/mol. The summed E-state index contributed by atoms with van der Waals surface area (Å²) in [4.78, 5) is 4.65. The van der Waals surface area contributed by atoms with Crippen molar-refractivity contribution in [1.82, 2.24) is 9.55 Å². The largest absolute Gasteiger partial charge is 0.294 e. The Balaban J connectivity index is 1.83. The number of nitrogens with zero attached hydrogens (tertiary/aromatic N) is 2. The summed E-state index contributed by atoms with van der Waals surface area (Å²) in [5.41, 5.74) is 7.95. The molecule has 5 aromatic rings. The van der Waals surface area contributed by atoms with Crippen molar-refractivity contribution in [3.8, 4) is 16.9 Å². The number of hydrogen-bond donors (Lipinski definition) is 0. The van der Waals surface area contributed by atoms with Crippen molar-refractivity contribution < 1.29 is 0 Å². The Hall–Kier alpha value is -3.39. The predicted molar refractivity (Wildman–Crippen MR) is 116 cm³/mol. The summed E-state index contributed by atoms with van der Waals surface area (Å²) < 4.78 is 2.30. The Labute approximate surface area is 164 Å². The lowest BCUT2D eigenvalue weighted by Crippen LogP contribution is -2.15. The number of para-hydroxylation sites is 1. The zero-order valence-electron chi connectivity index (χ0n) is 16.0. The molecule has 0 bridgehead atoms. The quantitative estimate of drug-likeness (QED) is 0.334. The Bertz CT molecular complexity index is 1370. The number of fused-ring (bicyclic) bond motifs is 7. The van der Waals surface area contributed by atoms with Crippen LogP contribution in [0.3, 0.4) is 0 Å². The maximum atomic E-state index is 4.65. The van der Waals surface area contributed by atoms with Crippen LogP contribution in [-0.4, -0.2) is 9.55 Å². The van der Waals surface area contributed by atoms with Crippen molar-refractivity contribution in [2.45, 2.75) is 19.3 Å². The smallest absolute Gasteiger partial charge is 0.137 e. The third kappa shape index (κ3) is 1.85. The highest BCUT2D eigenvalue weighted by Crippen LogP contribution is 2.52. The molecule has 0 amide bonds. The van der Waals surface area contributed by atoms with Crippen molar-refractivity contribution in [3.63, 3.8) is 0 Å². The number of rotatable bonds is 1. The topological polar surface area (TPSA) is 17.8 Å². The molecule has 0 N–H and O–H groups in total. The van der Waals surface area contributed by atoms with E-state index in [1.807, 2.05) is 12.3 Å². The van der Waals surface area contributed by atoms with E-state index in [1.54, 1.807) is 0 Å². The highest BCUT2D eigenvalue weighted by atomic mass is 15.1. The second kappa shape index (κ2) is 5.32. The summed E-state index contributed by atoms with van der Waals surface area (Å²) in [5.74, 6) is 0.960. The molecule has 0 fully saturated rings. The van der Waals surface area contributed by atoms with Gasteiger partial charge in [-0.05, 0) is 46.5 Å². The molecule has 0 atom stereocenters. The van der Waals surface area contributed by atoms with Crippen LogP contribution >= 0.6 is 0 Å². The van der Waals surface area contributed by atoms with Gasteiger partial charge >= 0.3 is 0 Å². The van der Waals surface area contributed by atoms with E-state index in [9.17, 15) is 0 Å². The summed E-state index contributed by atoms with van der Waals surface area (Å²) in [5, 5.41) is 2.64. The molecular formula is C26H20N2. The molecule has 2 nitrogen and oxygen atoms in total. The van der Waals surface area contributed by atoms with Crippen molar-refractivity contribution in [2.24, 2.45) is 0 Å². The first-order chi connectivity index (χ1) is 13.7. The standard InChI is InChI=1S/C26H20N2/c1-26(2)20-11-5-3-9-17(20)18-14-15-22-24(25(18)26)19-10-4-6-12-21(19)28(22)23-13-7-8-16-27-23/h3-16H,1-2H3.